The average Bonchev–Trinajstić information content (AvgIpc) is 2.37. The van der Waals surface area contributed by atoms with Crippen LogP contribution in [0.4, 0.5) is 24.5 Å². The fraction of sp³-hybridized carbons (Fsp3) is 0. The SMILES string of the molecule is NC(=S)c1cc(F)c(Nc2ccc(F)c(Br)c2)c(F)c1. The number of benzene rings is 2. The molecular formula is C13H8BrF3N2S. The van der Waals surface area contributed by atoms with Crippen LogP contribution in [-0.4, -0.2) is 4.99 Å². The quantitative estimate of drug-likeness (QED) is 0.803. The summed E-state index contributed by atoms with van der Waals surface area (Å²) in [5.41, 5.74) is 5.39. The summed E-state index contributed by atoms with van der Waals surface area (Å²) in [5, 5.41) is 2.54. The Balaban J connectivity index is 2.38. The maximum absolute atomic E-state index is 13.8. The number of rotatable bonds is 3. The number of anilines is 2. The van der Waals surface area contributed by atoms with Crippen molar-refractivity contribution in [3.8, 4) is 0 Å². The lowest BCUT2D eigenvalue weighted by Gasteiger charge is -2.11. The largest absolute Gasteiger partial charge is 0.389 e. The molecule has 20 heavy (non-hydrogen) atoms. The van der Waals surface area contributed by atoms with Crippen LogP contribution in [0.5, 0.6) is 0 Å². The average molecular weight is 361 g/mol. The van der Waals surface area contributed by atoms with Crippen LogP contribution in [0.2, 0.25) is 0 Å². The summed E-state index contributed by atoms with van der Waals surface area (Å²) in [4.78, 5) is -0.0983. The van der Waals surface area contributed by atoms with E-state index in [1.165, 1.54) is 18.2 Å². The summed E-state index contributed by atoms with van der Waals surface area (Å²) in [6, 6.07) is 5.97. The minimum atomic E-state index is -0.840. The third-order valence-electron chi connectivity index (χ3n) is 2.52. The zero-order valence-corrected chi connectivity index (χ0v) is 12.3. The third kappa shape index (κ3) is 3.10. The smallest absolute Gasteiger partial charge is 0.150 e. The molecule has 0 aliphatic carbocycles. The third-order valence-corrected chi connectivity index (χ3v) is 3.36. The van der Waals surface area contributed by atoms with E-state index in [0.29, 0.717) is 5.69 Å². The summed E-state index contributed by atoms with van der Waals surface area (Å²) in [6.07, 6.45) is 0. The topological polar surface area (TPSA) is 38.0 Å². The molecule has 0 heterocycles. The van der Waals surface area contributed by atoms with Crippen LogP contribution in [0.1, 0.15) is 5.56 Å². The first-order valence-electron chi connectivity index (χ1n) is 5.39. The summed E-state index contributed by atoms with van der Waals surface area (Å²) >= 11 is 7.65. The van der Waals surface area contributed by atoms with Gasteiger partial charge in [-0.1, -0.05) is 12.2 Å². The predicted octanol–water partition coefficient (Wildman–Crippen LogP) is 4.24. The summed E-state index contributed by atoms with van der Waals surface area (Å²) in [5.74, 6) is -2.15. The minimum absolute atomic E-state index is 0.0980. The maximum Gasteiger partial charge on any atom is 0.150 e. The second-order valence-electron chi connectivity index (χ2n) is 3.93. The van der Waals surface area contributed by atoms with E-state index in [9.17, 15) is 13.2 Å². The highest BCUT2D eigenvalue weighted by atomic mass is 79.9. The van der Waals surface area contributed by atoms with Crippen LogP contribution in [0.3, 0.4) is 0 Å². The van der Waals surface area contributed by atoms with E-state index in [0.717, 1.165) is 12.1 Å². The Morgan fingerprint density at radius 2 is 1.65 bits per heavy atom. The molecule has 0 unspecified atom stereocenters. The first-order valence-corrected chi connectivity index (χ1v) is 6.59. The molecule has 0 fully saturated rings. The van der Waals surface area contributed by atoms with Gasteiger partial charge in [0.25, 0.3) is 0 Å². The lowest BCUT2D eigenvalue weighted by molar-refractivity contribution is 0.590. The van der Waals surface area contributed by atoms with Crippen molar-refractivity contribution < 1.29 is 13.2 Å². The van der Waals surface area contributed by atoms with E-state index in [-0.39, 0.29) is 20.7 Å². The Morgan fingerprint density at radius 3 is 2.15 bits per heavy atom. The number of hydrogen-bond donors (Lipinski definition) is 2. The van der Waals surface area contributed by atoms with E-state index in [1.54, 1.807) is 0 Å². The van der Waals surface area contributed by atoms with Crippen molar-refractivity contribution in [1.82, 2.24) is 0 Å². The standard InChI is InChI=1S/C13H8BrF3N2S/c14-8-5-7(1-2-9(8)15)19-12-10(16)3-6(13(18)20)4-11(12)17/h1-5,19H,(H2,18,20). The molecule has 0 saturated heterocycles. The van der Waals surface area contributed by atoms with Crippen molar-refractivity contribution in [2.75, 3.05) is 5.32 Å². The molecule has 0 atom stereocenters. The van der Waals surface area contributed by atoms with Crippen LogP contribution in [0, 0.1) is 17.5 Å². The Labute approximate surface area is 126 Å². The highest BCUT2D eigenvalue weighted by molar-refractivity contribution is 9.10. The first kappa shape index (κ1) is 14.8. The monoisotopic (exact) mass is 360 g/mol. The molecule has 2 rings (SSSR count). The van der Waals surface area contributed by atoms with Gasteiger partial charge in [0.05, 0.1) is 4.47 Å². The van der Waals surface area contributed by atoms with Crippen molar-refractivity contribution in [2.24, 2.45) is 5.73 Å². The Morgan fingerprint density at radius 1 is 1.05 bits per heavy atom. The highest BCUT2D eigenvalue weighted by Crippen LogP contribution is 2.27. The van der Waals surface area contributed by atoms with Crippen LogP contribution < -0.4 is 11.1 Å². The van der Waals surface area contributed by atoms with Gasteiger partial charge in [-0.15, -0.1) is 0 Å². The molecule has 0 aromatic heterocycles. The van der Waals surface area contributed by atoms with Crippen molar-refractivity contribution in [3.05, 3.63) is 57.8 Å². The van der Waals surface area contributed by atoms with Gasteiger partial charge >= 0.3 is 0 Å². The molecular weight excluding hydrogens is 353 g/mol. The van der Waals surface area contributed by atoms with Crippen molar-refractivity contribution in [1.29, 1.82) is 0 Å². The van der Waals surface area contributed by atoms with Crippen molar-refractivity contribution in [2.45, 2.75) is 0 Å². The Bertz CT molecular complexity index is 668. The Hall–Kier alpha value is -1.60. The van der Waals surface area contributed by atoms with Crippen LogP contribution in [0.25, 0.3) is 0 Å². The molecule has 0 radical (unpaired) electrons. The van der Waals surface area contributed by atoms with Gasteiger partial charge in [-0.3, -0.25) is 0 Å². The molecule has 7 heteroatoms. The molecule has 0 saturated carbocycles. The van der Waals surface area contributed by atoms with Gasteiger partial charge in [-0.25, -0.2) is 13.2 Å². The number of nitrogens with one attached hydrogen (secondary N) is 1. The first-order chi connectivity index (χ1) is 9.38. The lowest BCUT2D eigenvalue weighted by atomic mass is 10.1. The van der Waals surface area contributed by atoms with Gasteiger partial charge in [0.2, 0.25) is 0 Å². The maximum atomic E-state index is 13.8. The molecule has 0 bridgehead atoms. The summed E-state index contributed by atoms with van der Waals surface area (Å²) in [7, 11) is 0. The molecule has 2 aromatic carbocycles. The predicted molar refractivity (Wildman–Crippen MR) is 79.6 cm³/mol. The number of thiocarbonyl (C=S) groups is 1. The number of nitrogens with two attached hydrogens (primary N) is 1. The van der Waals surface area contributed by atoms with Gasteiger partial charge in [0.1, 0.15) is 28.1 Å². The molecule has 3 N–H and O–H groups in total. The zero-order chi connectivity index (χ0) is 14.9. The van der Waals surface area contributed by atoms with E-state index >= 15 is 0 Å². The molecule has 0 amide bonds. The van der Waals surface area contributed by atoms with Crippen LogP contribution in [-0.2, 0) is 0 Å². The van der Waals surface area contributed by atoms with E-state index < -0.39 is 17.5 Å². The van der Waals surface area contributed by atoms with Crippen molar-refractivity contribution >= 4 is 44.5 Å². The summed E-state index contributed by atoms with van der Waals surface area (Å²) in [6.45, 7) is 0. The van der Waals surface area contributed by atoms with Gasteiger partial charge in [0, 0.05) is 11.3 Å². The number of hydrogen-bond acceptors (Lipinski definition) is 2. The van der Waals surface area contributed by atoms with E-state index in [1.807, 2.05) is 0 Å². The number of halogens is 4. The Kier molecular flexibility index (Phi) is 4.29. The van der Waals surface area contributed by atoms with Gasteiger partial charge in [0.15, 0.2) is 0 Å². The van der Waals surface area contributed by atoms with Gasteiger partial charge in [-0.05, 0) is 46.3 Å². The fourth-order valence-electron chi connectivity index (χ4n) is 1.55. The second kappa shape index (κ2) is 5.80. The molecule has 104 valence electrons. The van der Waals surface area contributed by atoms with Crippen LogP contribution in [0.15, 0.2) is 34.8 Å². The van der Waals surface area contributed by atoms with E-state index in [2.05, 4.69) is 33.5 Å². The minimum Gasteiger partial charge on any atom is -0.389 e. The lowest BCUT2D eigenvalue weighted by Crippen LogP contribution is -2.11. The molecule has 0 aliphatic heterocycles. The normalized spacial score (nSPS) is 10.4. The molecule has 0 spiro atoms. The van der Waals surface area contributed by atoms with Crippen molar-refractivity contribution in [3.63, 3.8) is 0 Å². The highest BCUT2D eigenvalue weighted by Gasteiger charge is 2.13. The van der Waals surface area contributed by atoms with E-state index in [4.69, 9.17) is 5.73 Å². The summed E-state index contributed by atoms with van der Waals surface area (Å²) < 4.78 is 40.9. The fourth-order valence-corrected chi connectivity index (χ4v) is 2.05. The van der Waals surface area contributed by atoms with Crippen LogP contribution >= 0.6 is 28.1 Å². The second-order valence-corrected chi connectivity index (χ2v) is 5.23. The molecule has 2 nitrogen and oxygen atoms in total. The van der Waals surface area contributed by atoms with Gasteiger partial charge in [-0.2, -0.15) is 0 Å². The molecule has 0 aliphatic rings. The zero-order valence-electron chi connectivity index (χ0n) is 9.88. The van der Waals surface area contributed by atoms with Gasteiger partial charge < -0.3 is 11.1 Å². The molecule has 2 aromatic rings.